The van der Waals surface area contributed by atoms with Crippen molar-refractivity contribution in [3.05, 3.63) is 54.1 Å². The summed E-state index contributed by atoms with van der Waals surface area (Å²) < 4.78 is 21.1. The Hall–Kier alpha value is -2.50. The minimum absolute atomic E-state index is 0.0675. The Balaban J connectivity index is 1.81. The Kier molecular flexibility index (Phi) is 6.66. The summed E-state index contributed by atoms with van der Waals surface area (Å²) >= 11 is 0. The van der Waals surface area contributed by atoms with Gasteiger partial charge < -0.3 is 19.9 Å². The van der Waals surface area contributed by atoms with Crippen molar-refractivity contribution in [2.45, 2.75) is 26.0 Å². The van der Waals surface area contributed by atoms with Crippen molar-refractivity contribution in [1.82, 2.24) is 15.2 Å². The molecule has 2 rings (SSSR count). The number of nitrogens with one attached hydrogen (secondary N) is 2. The van der Waals surface area contributed by atoms with E-state index in [1.165, 1.54) is 17.7 Å². The van der Waals surface area contributed by atoms with E-state index in [2.05, 4.69) is 27.9 Å². The summed E-state index contributed by atoms with van der Waals surface area (Å²) in [4.78, 5) is 4.21. The summed E-state index contributed by atoms with van der Waals surface area (Å²) in [6, 6.07) is 8.26. The number of aryl methyl sites for hydroxylation is 1. The third-order valence-corrected chi connectivity index (χ3v) is 3.63. The van der Waals surface area contributed by atoms with Gasteiger partial charge in [0.25, 0.3) is 0 Å². The van der Waals surface area contributed by atoms with Crippen molar-refractivity contribution in [2.75, 3.05) is 13.6 Å². The van der Waals surface area contributed by atoms with Crippen molar-refractivity contribution in [2.24, 2.45) is 12.0 Å². The molecule has 1 aromatic carbocycles. The fraction of sp³-hybridized carbons (Fsp3) is 0.389. The number of aliphatic imine (C=N–C) groups is 1. The molecular weight excluding hydrogens is 307 g/mol. The number of hydrogen-bond donors (Lipinski definition) is 2. The molecule has 0 fully saturated rings. The first-order valence-electron chi connectivity index (χ1n) is 8.08. The van der Waals surface area contributed by atoms with Crippen molar-refractivity contribution >= 4 is 5.96 Å². The lowest BCUT2D eigenvalue weighted by molar-refractivity contribution is 0.199. The standard InChI is InChI=1S/C18H25FN4O/c1-4-16(24-17-7-5-6-15(19)10-17)12-22-18(20-2)21-11-14-8-9-23(3)13-14/h5-10,13,16H,4,11-12H2,1-3H3,(H2,20,21,22). The number of hydrogen-bond acceptors (Lipinski definition) is 2. The van der Waals surface area contributed by atoms with Crippen molar-refractivity contribution in [3.8, 4) is 5.75 Å². The second kappa shape index (κ2) is 8.96. The lowest BCUT2D eigenvalue weighted by Gasteiger charge is -2.20. The summed E-state index contributed by atoms with van der Waals surface area (Å²) in [6.07, 6.45) is 4.80. The molecule has 6 heteroatoms. The fourth-order valence-electron chi connectivity index (χ4n) is 2.28. The Morgan fingerprint density at radius 1 is 1.33 bits per heavy atom. The number of rotatable bonds is 7. The van der Waals surface area contributed by atoms with E-state index >= 15 is 0 Å². The molecule has 5 nitrogen and oxygen atoms in total. The van der Waals surface area contributed by atoms with Crippen LogP contribution in [0.1, 0.15) is 18.9 Å². The van der Waals surface area contributed by atoms with Gasteiger partial charge in [0.05, 0.1) is 6.54 Å². The van der Waals surface area contributed by atoms with E-state index < -0.39 is 0 Å². The van der Waals surface area contributed by atoms with Crippen LogP contribution in [0.3, 0.4) is 0 Å². The Labute approximate surface area is 142 Å². The maximum atomic E-state index is 13.2. The zero-order valence-electron chi connectivity index (χ0n) is 14.4. The number of ether oxygens (including phenoxy) is 1. The first-order valence-corrected chi connectivity index (χ1v) is 8.08. The zero-order chi connectivity index (χ0) is 17.4. The number of halogens is 1. The molecule has 0 aliphatic heterocycles. The highest BCUT2D eigenvalue weighted by atomic mass is 19.1. The molecule has 2 N–H and O–H groups in total. The average molecular weight is 332 g/mol. The van der Waals surface area contributed by atoms with Crippen molar-refractivity contribution < 1.29 is 9.13 Å². The van der Waals surface area contributed by atoms with Crippen LogP contribution in [0.15, 0.2) is 47.7 Å². The predicted octanol–water partition coefficient (Wildman–Crippen LogP) is 2.69. The Morgan fingerprint density at radius 3 is 2.79 bits per heavy atom. The molecule has 130 valence electrons. The lowest BCUT2D eigenvalue weighted by Crippen LogP contribution is -2.42. The van der Waals surface area contributed by atoms with Gasteiger partial charge >= 0.3 is 0 Å². The van der Waals surface area contributed by atoms with Crippen LogP contribution in [0.2, 0.25) is 0 Å². The molecule has 0 bridgehead atoms. The number of aromatic nitrogens is 1. The van der Waals surface area contributed by atoms with Gasteiger partial charge in [0.2, 0.25) is 0 Å². The maximum absolute atomic E-state index is 13.2. The van der Waals surface area contributed by atoms with Gasteiger partial charge in [-0.25, -0.2) is 4.39 Å². The zero-order valence-corrected chi connectivity index (χ0v) is 14.4. The summed E-state index contributed by atoms with van der Waals surface area (Å²) in [5, 5.41) is 6.51. The molecule has 0 aliphatic carbocycles. The molecule has 0 radical (unpaired) electrons. The maximum Gasteiger partial charge on any atom is 0.191 e. The SMILES string of the molecule is CCC(CNC(=NC)NCc1ccn(C)c1)Oc1cccc(F)c1. The molecule has 0 saturated heterocycles. The molecule has 2 aromatic rings. The van der Waals surface area contributed by atoms with E-state index in [-0.39, 0.29) is 11.9 Å². The molecule has 0 aliphatic rings. The largest absolute Gasteiger partial charge is 0.489 e. The van der Waals surface area contributed by atoms with Gasteiger partial charge in [-0.1, -0.05) is 13.0 Å². The van der Waals surface area contributed by atoms with Crippen LogP contribution < -0.4 is 15.4 Å². The van der Waals surface area contributed by atoms with Crippen LogP contribution in [-0.2, 0) is 13.6 Å². The quantitative estimate of drug-likeness (QED) is 0.605. The normalized spacial score (nSPS) is 12.8. The Morgan fingerprint density at radius 2 is 2.17 bits per heavy atom. The third-order valence-electron chi connectivity index (χ3n) is 3.63. The van der Waals surface area contributed by atoms with Crippen LogP contribution in [0.25, 0.3) is 0 Å². The first kappa shape index (κ1) is 17.8. The van der Waals surface area contributed by atoms with Gasteiger partial charge in [-0.3, -0.25) is 4.99 Å². The van der Waals surface area contributed by atoms with Gasteiger partial charge in [-0.05, 0) is 30.2 Å². The van der Waals surface area contributed by atoms with Crippen LogP contribution in [-0.4, -0.2) is 30.2 Å². The number of nitrogens with zero attached hydrogens (tertiary/aromatic N) is 2. The highest BCUT2D eigenvalue weighted by Gasteiger charge is 2.10. The van der Waals surface area contributed by atoms with Crippen molar-refractivity contribution in [1.29, 1.82) is 0 Å². The number of benzene rings is 1. The molecule has 0 amide bonds. The van der Waals surface area contributed by atoms with Gasteiger partial charge in [0, 0.05) is 39.1 Å². The molecule has 1 unspecified atom stereocenters. The topological polar surface area (TPSA) is 50.6 Å². The minimum atomic E-state index is -0.296. The van der Waals surface area contributed by atoms with E-state index in [1.807, 2.05) is 24.7 Å². The highest BCUT2D eigenvalue weighted by Crippen LogP contribution is 2.14. The summed E-state index contributed by atoms with van der Waals surface area (Å²) in [6.45, 7) is 3.31. The molecule has 0 spiro atoms. The van der Waals surface area contributed by atoms with E-state index in [9.17, 15) is 4.39 Å². The first-order chi connectivity index (χ1) is 11.6. The molecule has 1 aromatic heterocycles. The van der Waals surface area contributed by atoms with Gasteiger partial charge in [-0.2, -0.15) is 0 Å². The summed E-state index contributed by atoms with van der Waals surface area (Å²) in [7, 11) is 3.72. The van der Waals surface area contributed by atoms with Crippen LogP contribution >= 0.6 is 0 Å². The van der Waals surface area contributed by atoms with E-state index in [1.54, 1.807) is 19.2 Å². The fourth-order valence-corrected chi connectivity index (χ4v) is 2.28. The van der Waals surface area contributed by atoms with Crippen molar-refractivity contribution in [3.63, 3.8) is 0 Å². The van der Waals surface area contributed by atoms with E-state index in [0.717, 1.165) is 6.42 Å². The molecule has 1 heterocycles. The highest BCUT2D eigenvalue weighted by molar-refractivity contribution is 5.79. The van der Waals surface area contributed by atoms with E-state index in [0.29, 0.717) is 24.8 Å². The second-order valence-electron chi connectivity index (χ2n) is 5.60. The smallest absolute Gasteiger partial charge is 0.191 e. The predicted molar refractivity (Wildman–Crippen MR) is 94.7 cm³/mol. The summed E-state index contributed by atoms with van der Waals surface area (Å²) in [5.41, 5.74) is 1.18. The van der Waals surface area contributed by atoms with Gasteiger partial charge in [0.15, 0.2) is 5.96 Å². The summed E-state index contributed by atoms with van der Waals surface area (Å²) in [5.74, 6) is 0.951. The molecule has 0 saturated carbocycles. The Bertz CT molecular complexity index is 669. The van der Waals surface area contributed by atoms with Crippen LogP contribution in [0, 0.1) is 5.82 Å². The van der Waals surface area contributed by atoms with Crippen LogP contribution in [0.4, 0.5) is 4.39 Å². The van der Waals surface area contributed by atoms with E-state index in [4.69, 9.17) is 4.74 Å². The number of guanidine groups is 1. The molecule has 1 atom stereocenters. The second-order valence-corrected chi connectivity index (χ2v) is 5.60. The molecular formula is C18H25FN4O. The van der Waals surface area contributed by atoms with Gasteiger partial charge in [0.1, 0.15) is 17.7 Å². The van der Waals surface area contributed by atoms with Crippen LogP contribution in [0.5, 0.6) is 5.75 Å². The van der Waals surface area contributed by atoms with Gasteiger partial charge in [-0.15, -0.1) is 0 Å². The monoisotopic (exact) mass is 332 g/mol. The lowest BCUT2D eigenvalue weighted by atomic mass is 10.2. The third kappa shape index (κ3) is 5.61. The average Bonchev–Trinajstić information content (AvgIpc) is 2.99. The molecule has 24 heavy (non-hydrogen) atoms. The minimum Gasteiger partial charge on any atom is -0.489 e.